The minimum atomic E-state index is -0.0432. The van der Waals surface area contributed by atoms with Gasteiger partial charge in [0.05, 0.1) is 11.4 Å². The molecule has 3 aromatic rings. The van der Waals surface area contributed by atoms with Gasteiger partial charge in [0.25, 0.3) is 0 Å². The lowest BCUT2D eigenvalue weighted by molar-refractivity contribution is 0.631. The van der Waals surface area contributed by atoms with Crippen LogP contribution < -0.4 is 4.90 Å². The van der Waals surface area contributed by atoms with Gasteiger partial charge in [-0.15, -0.1) is 0 Å². The van der Waals surface area contributed by atoms with Gasteiger partial charge in [0.2, 0.25) is 0 Å². The van der Waals surface area contributed by atoms with Gasteiger partial charge in [-0.25, -0.2) is 0 Å². The SMILES string of the molecule is CC1(C)c2[c]cccc2N(c2ccccc2)c2ccccc21. The standard InChI is InChI=1S/C21H18N/c1-21(2)17-12-6-8-14-19(17)22(16-10-4-3-5-11-16)20-15-9-7-13-18(20)21/h3-12,14-15H,1-2H3. The zero-order valence-electron chi connectivity index (χ0n) is 12.9. The van der Waals surface area contributed by atoms with Gasteiger partial charge in [-0.3, -0.25) is 0 Å². The minimum Gasteiger partial charge on any atom is -0.310 e. The van der Waals surface area contributed by atoms with E-state index in [1.807, 2.05) is 6.07 Å². The van der Waals surface area contributed by atoms with Crippen LogP contribution in [-0.4, -0.2) is 0 Å². The van der Waals surface area contributed by atoms with Crippen molar-refractivity contribution in [3.63, 3.8) is 0 Å². The molecular weight excluding hydrogens is 266 g/mol. The molecule has 22 heavy (non-hydrogen) atoms. The first kappa shape index (κ1) is 13.1. The van der Waals surface area contributed by atoms with Crippen molar-refractivity contribution in [1.82, 2.24) is 0 Å². The Bertz CT molecular complexity index is 769. The number of para-hydroxylation sites is 2. The average Bonchev–Trinajstić information content (AvgIpc) is 2.56. The summed E-state index contributed by atoms with van der Waals surface area (Å²) in [5, 5.41) is 0. The maximum Gasteiger partial charge on any atom is 0.0508 e. The van der Waals surface area contributed by atoms with Crippen LogP contribution in [0.3, 0.4) is 0 Å². The second-order valence-corrected chi connectivity index (χ2v) is 6.24. The summed E-state index contributed by atoms with van der Waals surface area (Å²) in [7, 11) is 0. The van der Waals surface area contributed by atoms with Gasteiger partial charge in [-0.05, 0) is 41.5 Å². The summed E-state index contributed by atoms with van der Waals surface area (Å²) in [5.74, 6) is 0. The smallest absolute Gasteiger partial charge is 0.0508 e. The predicted molar refractivity (Wildman–Crippen MR) is 92.1 cm³/mol. The van der Waals surface area contributed by atoms with Gasteiger partial charge in [-0.1, -0.05) is 62.4 Å². The second kappa shape index (κ2) is 4.74. The van der Waals surface area contributed by atoms with Gasteiger partial charge < -0.3 is 4.90 Å². The summed E-state index contributed by atoms with van der Waals surface area (Å²) in [5.41, 5.74) is 6.21. The lowest BCUT2D eigenvalue weighted by atomic mass is 9.73. The number of hydrogen-bond acceptors (Lipinski definition) is 1. The monoisotopic (exact) mass is 284 g/mol. The Morgan fingerprint density at radius 2 is 1.45 bits per heavy atom. The molecule has 1 aliphatic heterocycles. The summed E-state index contributed by atoms with van der Waals surface area (Å²) < 4.78 is 0. The van der Waals surface area contributed by atoms with E-state index in [2.05, 4.69) is 91.5 Å². The predicted octanol–water partition coefficient (Wildman–Crippen LogP) is 5.60. The summed E-state index contributed by atoms with van der Waals surface area (Å²) in [4.78, 5) is 2.34. The Morgan fingerprint density at radius 1 is 0.773 bits per heavy atom. The Morgan fingerprint density at radius 3 is 2.27 bits per heavy atom. The van der Waals surface area contributed by atoms with Crippen LogP contribution in [0.1, 0.15) is 25.0 Å². The molecule has 0 atom stereocenters. The van der Waals surface area contributed by atoms with Gasteiger partial charge in [-0.2, -0.15) is 0 Å². The Hall–Kier alpha value is -2.54. The van der Waals surface area contributed by atoms with E-state index in [9.17, 15) is 0 Å². The van der Waals surface area contributed by atoms with Crippen LogP contribution in [-0.2, 0) is 5.41 Å². The van der Waals surface area contributed by atoms with Gasteiger partial charge in [0.1, 0.15) is 0 Å². The molecule has 1 heteroatoms. The molecule has 0 aromatic heterocycles. The van der Waals surface area contributed by atoms with Crippen LogP contribution in [0.25, 0.3) is 0 Å². The molecular formula is C21H18N. The average molecular weight is 284 g/mol. The Kier molecular flexibility index (Phi) is 2.83. The van der Waals surface area contributed by atoms with E-state index in [0.29, 0.717) is 0 Å². The fraction of sp³-hybridized carbons (Fsp3) is 0.143. The van der Waals surface area contributed by atoms with E-state index in [0.717, 1.165) is 0 Å². The van der Waals surface area contributed by atoms with Crippen molar-refractivity contribution >= 4 is 17.1 Å². The highest BCUT2D eigenvalue weighted by molar-refractivity contribution is 5.85. The molecule has 0 fully saturated rings. The molecule has 1 nitrogen and oxygen atoms in total. The molecule has 0 unspecified atom stereocenters. The molecule has 107 valence electrons. The van der Waals surface area contributed by atoms with E-state index in [1.54, 1.807) is 0 Å². The maximum atomic E-state index is 3.48. The number of anilines is 3. The van der Waals surface area contributed by atoms with Crippen LogP contribution in [0.15, 0.2) is 72.8 Å². The first-order valence-corrected chi connectivity index (χ1v) is 7.65. The third-order valence-electron chi connectivity index (χ3n) is 4.53. The molecule has 0 amide bonds. The number of hydrogen-bond donors (Lipinski definition) is 0. The number of fused-ring (bicyclic) bond motifs is 2. The zero-order valence-corrected chi connectivity index (χ0v) is 12.9. The lowest BCUT2D eigenvalue weighted by Crippen LogP contribution is -2.30. The van der Waals surface area contributed by atoms with Gasteiger partial charge >= 0.3 is 0 Å². The van der Waals surface area contributed by atoms with Crippen molar-refractivity contribution in [1.29, 1.82) is 0 Å². The third-order valence-corrected chi connectivity index (χ3v) is 4.53. The molecule has 0 saturated heterocycles. The highest BCUT2D eigenvalue weighted by Crippen LogP contribution is 2.51. The number of rotatable bonds is 1. The van der Waals surface area contributed by atoms with Crippen molar-refractivity contribution < 1.29 is 0 Å². The van der Waals surface area contributed by atoms with Gasteiger partial charge in [0.15, 0.2) is 0 Å². The van der Waals surface area contributed by atoms with E-state index in [1.165, 1.54) is 28.2 Å². The number of benzene rings is 3. The minimum absolute atomic E-state index is 0.0432. The largest absolute Gasteiger partial charge is 0.310 e. The van der Waals surface area contributed by atoms with E-state index < -0.39 is 0 Å². The molecule has 1 radical (unpaired) electrons. The molecule has 0 N–H and O–H groups in total. The summed E-state index contributed by atoms with van der Waals surface area (Å²) in [6, 6.07) is 29.0. The van der Waals surface area contributed by atoms with Crippen LogP contribution in [0.4, 0.5) is 17.1 Å². The zero-order chi connectivity index (χ0) is 15.2. The summed E-state index contributed by atoms with van der Waals surface area (Å²) in [6.07, 6.45) is 0. The normalized spacial score (nSPS) is 15.1. The molecule has 3 aromatic carbocycles. The van der Waals surface area contributed by atoms with Crippen molar-refractivity contribution in [2.24, 2.45) is 0 Å². The highest BCUT2D eigenvalue weighted by atomic mass is 15.2. The van der Waals surface area contributed by atoms with Crippen LogP contribution in [0.2, 0.25) is 0 Å². The van der Waals surface area contributed by atoms with Crippen LogP contribution >= 0.6 is 0 Å². The molecule has 0 aliphatic carbocycles. The topological polar surface area (TPSA) is 3.24 Å². The molecule has 0 saturated carbocycles. The van der Waals surface area contributed by atoms with E-state index in [-0.39, 0.29) is 5.41 Å². The van der Waals surface area contributed by atoms with Crippen molar-refractivity contribution in [3.8, 4) is 0 Å². The van der Waals surface area contributed by atoms with Gasteiger partial charge in [0, 0.05) is 11.1 Å². The third kappa shape index (κ3) is 1.79. The second-order valence-electron chi connectivity index (χ2n) is 6.24. The first-order chi connectivity index (χ1) is 10.7. The van der Waals surface area contributed by atoms with Crippen LogP contribution in [0.5, 0.6) is 0 Å². The maximum absolute atomic E-state index is 3.48. The van der Waals surface area contributed by atoms with Crippen molar-refractivity contribution in [2.75, 3.05) is 4.90 Å². The van der Waals surface area contributed by atoms with Crippen molar-refractivity contribution in [3.05, 3.63) is 90.0 Å². The molecule has 0 bridgehead atoms. The van der Waals surface area contributed by atoms with Crippen LogP contribution in [0, 0.1) is 6.07 Å². The highest BCUT2D eigenvalue weighted by Gasteiger charge is 2.36. The quantitative estimate of drug-likeness (QED) is 0.562. The van der Waals surface area contributed by atoms with E-state index in [4.69, 9.17) is 0 Å². The molecule has 1 aliphatic rings. The first-order valence-electron chi connectivity index (χ1n) is 7.65. The van der Waals surface area contributed by atoms with Crippen molar-refractivity contribution in [2.45, 2.75) is 19.3 Å². The fourth-order valence-corrected chi connectivity index (χ4v) is 3.43. The van der Waals surface area contributed by atoms with E-state index >= 15 is 0 Å². The fourth-order valence-electron chi connectivity index (χ4n) is 3.43. The lowest BCUT2D eigenvalue weighted by Gasteiger charge is -2.41. The number of nitrogens with zero attached hydrogens (tertiary/aromatic N) is 1. The molecule has 1 heterocycles. The summed E-state index contributed by atoms with van der Waals surface area (Å²) >= 11 is 0. The summed E-state index contributed by atoms with van der Waals surface area (Å²) in [6.45, 7) is 4.56. The molecule has 4 rings (SSSR count). The molecule has 0 spiro atoms. The Balaban J connectivity index is 2.05. The Labute approximate surface area is 131 Å².